The third-order valence-corrected chi connectivity index (χ3v) is 3.40. The predicted molar refractivity (Wildman–Crippen MR) is 88.6 cm³/mol. The van der Waals surface area contributed by atoms with Crippen LogP contribution in [0.25, 0.3) is 0 Å². The first-order chi connectivity index (χ1) is 10.9. The van der Waals surface area contributed by atoms with Gasteiger partial charge in [-0.1, -0.05) is 6.92 Å². The highest BCUT2D eigenvalue weighted by Gasteiger charge is 2.31. The SMILES string of the molecule is CCCOCCOCCOCC1CC(NC(=O)OC(C)(C)C)C1. The minimum Gasteiger partial charge on any atom is -0.444 e. The lowest BCUT2D eigenvalue weighted by molar-refractivity contribution is -0.00518. The van der Waals surface area contributed by atoms with Crippen LogP contribution in [0.4, 0.5) is 4.79 Å². The Morgan fingerprint density at radius 1 is 1.00 bits per heavy atom. The molecule has 1 saturated carbocycles. The van der Waals surface area contributed by atoms with Crippen molar-refractivity contribution >= 4 is 6.09 Å². The molecule has 0 bridgehead atoms. The Kier molecular flexibility index (Phi) is 9.52. The second-order valence-corrected chi connectivity index (χ2v) is 6.98. The molecule has 0 aromatic carbocycles. The molecule has 1 aliphatic rings. The number of hydrogen-bond acceptors (Lipinski definition) is 5. The Bertz CT molecular complexity index is 323. The molecule has 1 fully saturated rings. The molecule has 0 aromatic rings. The van der Waals surface area contributed by atoms with Gasteiger partial charge in [-0.3, -0.25) is 0 Å². The molecule has 0 spiro atoms. The van der Waals surface area contributed by atoms with Crippen molar-refractivity contribution in [3.8, 4) is 0 Å². The topological polar surface area (TPSA) is 66.0 Å². The van der Waals surface area contributed by atoms with Gasteiger partial charge in [0.2, 0.25) is 0 Å². The van der Waals surface area contributed by atoms with Crippen molar-refractivity contribution < 1.29 is 23.7 Å². The fourth-order valence-corrected chi connectivity index (χ4v) is 2.30. The van der Waals surface area contributed by atoms with E-state index in [0.717, 1.165) is 32.5 Å². The maximum Gasteiger partial charge on any atom is 0.407 e. The highest BCUT2D eigenvalue weighted by Crippen LogP contribution is 2.27. The summed E-state index contributed by atoms with van der Waals surface area (Å²) in [5, 5.41) is 2.88. The number of alkyl carbamates (subject to hydrolysis) is 1. The van der Waals surface area contributed by atoms with Gasteiger partial charge in [-0.25, -0.2) is 4.79 Å². The number of carbonyl (C=O) groups is 1. The maximum absolute atomic E-state index is 11.6. The summed E-state index contributed by atoms with van der Waals surface area (Å²) in [6, 6.07) is 0.213. The van der Waals surface area contributed by atoms with Crippen LogP contribution in [-0.4, -0.2) is 57.4 Å². The molecule has 0 heterocycles. The molecule has 0 aromatic heterocycles. The number of nitrogens with one attached hydrogen (secondary N) is 1. The van der Waals surface area contributed by atoms with Crippen molar-refractivity contribution in [2.45, 2.75) is 58.6 Å². The standard InChI is InChI=1S/C17H33NO5/c1-5-6-20-7-8-21-9-10-22-13-14-11-15(12-14)18-16(19)23-17(2,3)4/h14-15H,5-13H2,1-4H3,(H,18,19). The van der Waals surface area contributed by atoms with Crippen LogP contribution in [0.3, 0.4) is 0 Å². The van der Waals surface area contributed by atoms with Crippen molar-refractivity contribution in [3.05, 3.63) is 0 Å². The maximum atomic E-state index is 11.6. The van der Waals surface area contributed by atoms with E-state index in [1.807, 2.05) is 20.8 Å². The van der Waals surface area contributed by atoms with Gasteiger partial charge < -0.3 is 24.3 Å². The highest BCUT2D eigenvalue weighted by molar-refractivity contribution is 5.68. The Labute approximate surface area is 140 Å². The third-order valence-electron chi connectivity index (χ3n) is 3.40. The molecule has 0 saturated heterocycles. The van der Waals surface area contributed by atoms with E-state index < -0.39 is 5.60 Å². The van der Waals surface area contributed by atoms with Gasteiger partial charge in [0.05, 0.1) is 26.4 Å². The van der Waals surface area contributed by atoms with E-state index in [0.29, 0.717) is 32.3 Å². The zero-order valence-electron chi connectivity index (χ0n) is 15.1. The average Bonchev–Trinajstić information content (AvgIpc) is 2.40. The van der Waals surface area contributed by atoms with Gasteiger partial charge in [0.15, 0.2) is 0 Å². The first kappa shape index (κ1) is 20.2. The highest BCUT2D eigenvalue weighted by atomic mass is 16.6. The summed E-state index contributed by atoms with van der Waals surface area (Å²) in [5.41, 5.74) is -0.447. The van der Waals surface area contributed by atoms with Crippen molar-refractivity contribution in [1.29, 1.82) is 0 Å². The Hall–Kier alpha value is -0.850. The van der Waals surface area contributed by atoms with Crippen LogP contribution >= 0.6 is 0 Å². The van der Waals surface area contributed by atoms with E-state index in [4.69, 9.17) is 18.9 Å². The fraction of sp³-hybridized carbons (Fsp3) is 0.941. The van der Waals surface area contributed by atoms with E-state index in [1.165, 1.54) is 0 Å². The number of amides is 1. The minimum atomic E-state index is -0.447. The molecular formula is C17H33NO5. The molecule has 1 rings (SSSR count). The van der Waals surface area contributed by atoms with Gasteiger partial charge in [0.1, 0.15) is 5.60 Å². The molecule has 0 unspecified atom stereocenters. The molecule has 136 valence electrons. The molecule has 1 amide bonds. The molecule has 0 atom stereocenters. The quantitative estimate of drug-likeness (QED) is 0.590. The van der Waals surface area contributed by atoms with Gasteiger partial charge in [-0.15, -0.1) is 0 Å². The largest absolute Gasteiger partial charge is 0.444 e. The summed E-state index contributed by atoms with van der Waals surface area (Å²) in [6.07, 6.45) is 2.60. The van der Waals surface area contributed by atoms with Crippen LogP contribution in [0.2, 0.25) is 0 Å². The van der Waals surface area contributed by atoms with Crippen molar-refractivity contribution in [2.24, 2.45) is 5.92 Å². The van der Waals surface area contributed by atoms with E-state index >= 15 is 0 Å². The van der Waals surface area contributed by atoms with Crippen LogP contribution < -0.4 is 5.32 Å². The summed E-state index contributed by atoms with van der Waals surface area (Å²) in [7, 11) is 0. The second kappa shape index (κ2) is 10.8. The van der Waals surface area contributed by atoms with Crippen LogP contribution in [0, 0.1) is 5.92 Å². The van der Waals surface area contributed by atoms with Crippen molar-refractivity contribution in [1.82, 2.24) is 5.32 Å². The lowest BCUT2D eigenvalue weighted by Crippen LogP contribution is -2.47. The van der Waals surface area contributed by atoms with Crippen LogP contribution in [0.5, 0.6) is 0 Å². The number of rotatable bonds is 11. The number of carbonyl (C=O) groups excluding carboxylic acids is 1. The summed E-state index contributed by atoms with van der Waals surface area (Å²) in [4.78, 5) is 11.6. The first-order valence-corrected chi connectivity index (χ1v) is 8.63. The summed E-state index contributed by atoms with van der Waals surface area (Å²) in [6.45, 7) is 11.7. The molecule has 23 heavy (non-hydrogen) atoms. The molecule has 1 N–H and O–H groups in total. The number of ether oxygens (including phenoxy) is 4. The Balaban J connectivity index is 1.88. The monoisotopic (exact) mass is 331 g/mol. The molecule has 6 heteroatoms. The van der Waals surface area contributed by atoms with Gasteiger partial charge >= 0.3 is 6.09 Å². The van der Waals surface area contributed by atoms with E-state index in [2.05, 4.69) is 12.2 Å². The van der Waals surface area contributed by atoms with Crippen molar-refractivity contribution in [2.75, 3.05) is 39.6 Å². The first-order valence-electron chi connectivity index (χ1n) is 8.63. The summed E-state index contributed by atoms with van der Waals surface area (Å²) >= 11 is 0. The third kappa shape index (κ3) is 10.5. The minimum absolute atomic E-state index is 0.213. The summed E-state index contributed by atoms with van der Waals surface area (Å²) in [5.74, 6) is 0.517. The zero-order valence-corrected chi connectivity index (χ0v) is 15.1. The molecule has 6 nitrogen and oxygen atoms in total. The lowest BCUT2D eigenvalue weighted by atomic mass is 9.81. The normalized spacial score (nSPS) is 20.9. The second-order valence-electron chi connectivity index (χ2n) is 6.98. The van der Waals surface area contributed by atoms with E-state index in [9.17, 15) is 4.79 Å². The molecule has 0 radical (unpaired) electrons. The smallest absolute Gasteiger partial charge is 0.407 e. The van der Waals surface area contributed by atoms with Crippen LogP contribution in [0.1, 0.15) is 47.0 Å². The predicted octanol–water partition coefficient (Wildman–Crippen LogP) is 2.75. The fourth-order valence-electron chi connectivity index (χ4n) is 2.30. The van der Waals surface area contributed by atoms with Crippen molar-refractivity contribution in [3.63, 3.8) is 0 Å². The van der Waals surface area contributed by atoms with Gasteiger partial charge in [-0.05, 0) is 46.0 Å². The molecule has 0 aliphatic heterocycles. The number of hydrogen-bond donors (Lipinski definition) is 1. The van der Waals surface area contributed by atoms with Crippen LogP contribution in [0.15, 0.2) is 0 Å². The lowest BCUT2D eigenvalue weighted by Gasteiger charge is -2.35. The van der Waals surface area contributed by atoms with Crippen LogP contribution in [-0.2, 0) is 18.9 Å². The Morgan fingerprint density at radius 2 is 1.57 bits per heavy atom. The van der Waals surface area contributed by atoms with Gasteiger partial charge in [-0.2, -0.15) is 0 Å². The average molecular weight is 331 g/mol. The summed E-state index contributed by atoms with van der Waals surface area (Å²) < 4.78 is 21.5. The van der Waals surface area contributed by atoms with Gasteiger partial charge in [0.25, 0.3) is 0 Å². The Morgan fingerprint density at radius 3 is 2.13 bits per heavy atom. The zero-order chi connectivity index (χ0) is 17.1. The van der Waals surface area contributed by atoms with E-state index in [-0.39, 0.29) is 12.1 Å². The van der Waals surface area contributed by atoms with Gasteiger partial charge in [0, 0.05) is 19.3 Å². The van der Waals surface area contributed by atoms with E-state index in [1.54, 1.807) is 0 Å². The molecule has 1 aliphatic carbocycles. The molecular weight excluding hydrogens is 298 g/mol.